The summed E-state index contributed by atoms with van der Waals surface area (Å²) in [5.41, 5.74) is 2.93. The van der Waals surface area contributed by atoms with Crippen LogP contribution in [0.4, 0.5) is 0 Å². The smallest absolute Gasteiger partial charge is 0.278 e. The summed E-state index contributed by atoms with van der Waals surface area (Å²) in [6.07, 6.45) is 21.1. The Balaban J connectivity index is 1.52. The van der Waals surface area contributed by atoms with Gasteiger partial charge in [0.2, 0.25) is 0 Å². The first-order chi connectivity index (χ1) is 18.5. The molecule has 0 aromatic carbocycles. The summed E-state index contributed by atoms with van der Waals surface area (Å²) in [6.45, 7) is 6.58. The molecule has 7 nitrogen and oxygen atoms in total. The third-order valence-electron chi connectivity index (χ3n) is 5.96. The fourth-order valence-electron chi connectivity index (χ4n) is 4.06. The number of allylic oxidation sites excluding steroid dienone is 6. The number of pyridine rings is 1. The third-order valence-corrected chi connectivity index (χ3v) is 7.54. The number of halogens is 2. The summed E-state index contributed by atoms with van der Waals surface area (Å²) in [5, 5.41) is 15.0. The maximum atomic E-state index is 13.4. The molecule has 1 aromatic heterocycles. The molecule has 38 heavy (non-hydrogen) atoms. The first kappa shape index (κ1) is 28.0. The number of nitrogens with zero attached hydrogens (tertiary/aromatic N) is 6. The van der Waals surface area contributed by atoms with Crippen LogP contribution in [-0.2, 0) is 6.54 Å². The summed E-state index contributed by atoms with van der Waals surface area (Å²) in [5.74, 6) is 0. The van der Waals surface area contributed by atoms with Crippen molar-refractivity contribution in [2.45, 2.75) is 57.0 Å². The van der Waals surface area contributed by atoms with Gasteiger partial charge >= 0.3 is 0 Å². The van der Waals surface area contributed by atoms with Crippen molar-refractivity contribution in [1.29, 1.82) is 0 Å². The summed E-state index contributed by atoms with van der Waals surface area (Å²) in [4.78, 5) is 17.4. The van der Waals surface area contributed by atoms with Gasteiger partial charge in [0.25, 0.3) is 5.56 Å². The molecule has 0 radical (unpaired) electrons. The van der Waals surface area contributed by atoms with Crippen molar-refractivity contribution < 1.29 is 0 Å². The van der Waals surface area contributed by atoms with Gasteiger partial charge in [0.1, 0.15) is 11.7 Å². The molecule has 0 N–H and O–H groups in total. The Morgan fingerprint density at radius 1 is 1.29 bits per heavy atom. The van der Waals surface area contributed by atoms with Gasteiger partial charge in [-0.3, -0.25) is 9.79 Å². The topological polar surface area (TPSA) is 76.9 Å². The number of aromatic nitrogens is 3. The van der Waals surface area contributed by atoms with Gasteiger partial charge in [0.05, 0.1) is 31.9 Å². The molecule has 3 aliphatic rings. The molecular formula is C28H30Cl2N6OS. The number of unbranched alkanes of at least 4 members (excludes halogenated alkanes) is 1. The molecule has 4 rings (SSSR count). The van der Waals surface area contributed by atoms with Crippen molar-refractivity contribution in [3.8, 4) is 11.3 Å². The molecule has 0 aliphatic carbocycles. The van der Waals surface area contributed by atoms with Crippen LogP contribution >= 0.6 is 34.5 Å². The first-order valence-corrected chi connectivity index (χ1v) is 14.3. The van der Waals surface area contributed by atoms with Crippen molar-refractivity contribution in [2.75, 3.05) is 0 Å². The van der Waals surface area contributed by atoms with E-state index in [2.05, 4.69) is 56.6 Å². The Morgan fingerprint density at radius 3 is 2.95 bits per heavy atom. The highest BCUT2D eigenvalue weighted by molar-refractivity contribution is 7.17. The lowest BCUT2D eigenvalue weighted by atomic mass is 10.1. The summed E-state index contributed by atoms with van der Waals surface area (Å²) in [6, 6.07) is 1.48. The van der Waals surface area contributed by atoms with E-state index in [1.807, 2.05) is 36.0 Å². The minimum atomic E-state index is -0.579. The zero-order valence-electron chi connectivity index (χ0n) is 21.2. The van der Waals surface area contributed by atoms with Crippen LogP contribution in [0.1, 0.15) is 45.1 Å². The van der Waals surface area contributed by atoms with Gasteiger partial charge in [-0.05, 0) is 36.8 Å². The molecule has 1 aromatic rings. The molecule has 0 saturated carbocycles. The maximum absolute atomic E-state index is 13.4. The van der Waals surface area contributed by atoms with E-state index in [4.69, 9.17) is 23.2 Å². The van der Waals surface area contributed by atoms with E-state index in [1.165, 1.54) is 10.9 Å². The lowest BCUT2D eigenvalue weighted by Gasteiger charge is -2.20. The molecule has 2 unspecified atom stereocenters. The number of rotatable bonds is 12. The summed E-state index contributed by atoms with van der Waals surface area (Å²) in [7, 11) is 0. The van der Waals surface area contributed by atoms with Gasteiger partial charge < -0.3 is 4.57 Å². The van der Waals surface area contributed by atoms with Crippen LogP contribution in [0, 0.1) is 0 Å². The van der Waals surface area contributed by atoms with Crippen LogP contribution < -0.4 is 5.56 Å². The molecule has 198 valence electrons. The Morgan fingerprint density at radius 2 is 2.16 bits per heavy atom. The van der Waals surface area contributed by atoms with E-state index in [0.29, 0.717) is 29.3 Å². The highest BCUT2D eigenvalue weighted by Crippen LogP contribution is 2.35. The van der Waals surface area contributed by atoms with Crippen molar-refractivity contribution >= 4 is 62.9 Å². The number of alkyl halides is 1. The zero-order valence-corrected chi connectivity index (χ0v) is 23.5. The third kappa shape index (κ3) is 6.49. The Hall–Kier alpha value is -3.07. The average Bonchev–Trinajstić information content (AvgIpc) is 3.52. The second kappa shape index (κ2) is 13.6. The Bertz CT molecular complexity index is 1470. The number of aliphatic imine (C=N–C) groups is 1. The van der Waals surface area contributed by atoms with Crippen LogP contribution in [0.15, 0.2) is 85.8 Å². The van der Waals surface area contributed by atoms with Crippen LogP contribution in [-0.4, -0.2) is 37.9 Å². The van der Waals surface area contributed by atoms with E-state index in [1.54, 1.807) is 17.6 Å². The molecule has 0 bridgehead atoms. The van der Waals surface area contributed by atoms with Crippen LogP contribution in [0.3, 0.4) is 0 Å². The SMILES string of the molecule is C=CC\C=C/C(CC=CCCn1cc2c(=O)n(C3C(Cl)=CN=CC3Cl)nc-2c2sccc21)=N\N=C\CCC. The highest BCUT2D eigenvalue weighted by atomic mass is 35.5. The second-order valence-corrected chi connectivity index (χ2v) is 10.6. The van der Waals surface area contributed by atoms with Gasteiger partial charge in [0.15, 0.2) is 0 Å². The minimum absolute atomic E-state index is 0.215. The van der Waals surface area contributed by atoms with Crippen molar-refractivity contribution in [3.05, 3.63) is 76.2 Å². The molecule has 4 heterocycles. The second-order valence-electron chi connectivity index (χ2n) is 8.74. The Labute approximate surface area is 236 Å². The first-order valence-electron chi connectivity index (χ1n) is 12.6. The molecule has 2 atom stereocenters. The zero-order chi connectivity index (χ0) is 26.9. The van der Waals surface area contributed by atoms with Gasteiger partial charge in [-0.1, -0.05) is 49.2 Å². The van der Waals surface area contributed by atoms with Crippen LogP contribution in [0.2, 0.25) is 0 Å². The van der Waals surface area contributed by atoms with E-state index < -0.39 is 11.4 Å². The number of aryl methyl sites for hydroxylation is 1. The lowest BCUT2D eigenvalue weighted by Crippen LogP contribution is -2.31. The molecule has 0 saturated heterocycles. The molecular weight excluding hydrogens is 539 g/mol. The normalized spacial score (nSPS) is 18.6. The number of hydrogen-bond acceptors (Lipinski definition) is 6. The highest BCUT2D eigenvalue weighted by Gasteiger charge is 2.31. The molecule has 0 amide bonds. The largest absolute Gasteiger partial charge is 0.346 e. The molecule has 0 spiro atoms. The summed E-state index contributed by atoms with van der Waals surface area (Å²) >= 11 is 14.4. The monoisotopic (exact) mass is 568 g/mol. The lowest BCUT2D eigenvalue weighted by molar-refractivity contribution is 0.537. The molecule has 10 heteroatoms. The van der Waals surface area contributed by atoms with E-state index in [0.717, 1.165) is 41.6 Å². The average molecular weight is 570 g/mol. The van der Waals surface area contributed by atoms with Crippen molar-refractivity contribution in [1.82, 2.24) is 14.3 Å². The van der Waals surface area contributed by atoms with Crippen LogP contribution in [0.5, 0.6) is 0 Å². The molecule has 3 aliphatic heterocycles. The van der Waals surface area contributed by atoms with Gasteiger partial charge in [-0.15, -0.1) is 29.5 Å². The van der Waals surface area contributed by atoms with E-state index in [-0.39, 0.29) is 5.56 Å². The number of thiophene rings is 1. The van der Waals surface area contributed by atoms with Gasteiger partial charge in [-0.2, -0.15) is 15.3 Å². The van der Waals surface area contributed by atoms with E-state index in [9.17, 15) is 4.79 Å². The molecule has 0 fully saturated rings. The van der Waals surface area contributed by atoms with Crippen molar-refractivity contribution in [3.63, 3.8) is 0 Å². The fourth-order valence-corrected chi connectivity index (χ4v) is 5.62. The van der Waals surface area contributed by atoms with Crippen LogP contribution in [0.25, 0.3) is 21.5 Å². The van der Waals surface area contributed by atoms with Gasteiger partial charge in [-0.25, -0.2) is 4.68 Å². The predicted molar refractivity (Wildman–Crippen MR) is 163 cm³/mol. The van der Waals surface area contributed by atoms with E-state index >= 15 is 0 Å². The standard InChI is InChI=1S/C28H30Cl2N6OS/c1-3-5-8-11-20(33-32-14-6-4-2)12-9-7-10-15-35-19-21-25(27-24(35)13-16-38-27)34-36(28(21)37)26-22(29)17-31-18-23(26)30/h3,7-9,11,13-14,16-19,22,26H,1,4-6,10,12,15H2,2H3/b9-7?,11-8-,32-14+,33-20+. The fraction of sp³-hybridized carbons (Fsp3) is 0.321. The van der Waals surface area contributed by atoms with Crippen molar-refractivity contribution in [2.24, 2.45) is 15.2 Å². The number of fused-ring (bicyclic) bond motifs is 3. The maximum Gasteiger partial charge on any atom is 0.278 e. The predicted octanol–water partition coefficient (Wildman–Crippen LogP) is 7.37. The summed E-state index contributed by atoms with van der Waals surface area (Å²) < 4.78 is 4.46. The Kier molecular flexibility index (Phi) is 10.0. The quantitative estimate of drug-likeness (QED) is 0.0988. The minimum Gasteiger partial charge on any atom is -0.346 e. The number of hydrogen-bond donors (Lipinski definition) is 0. The van der Waals surface area contributed by atoms with Gasteiger partial charge in [0, 0.05) is 37.8 Å².